The Bertz CT molecular complexity index is 1190. The predicted molar refractivity (Wildman–Crippen MR) is 134 cm³/mol. The van der Waals surface area contributed by atoms with Crippen LogP contribution in [0.25, 0.3) is 0 Å². The van der Waals surface area contributed by atoms with Gasteiger partial charge in [0.2, 0.25) is 22.1 Å². The van der Waals surface area contributed by atoms with Crippen LogP contribution in [-0.4, -0.2) is 37.2 Å². The molecule has 1 aromatic carbocycles. The number of rotatable bonds is 8. The van der Waals surface area contributed by atoms with E-state index >= 15 is 0 Å². The van der Waals surface area contributed by atoms with Gasteiger partial charge >= 0.3 is 0 Å². The molecule has 0 bridgehead atoms. The lowest BCUT2D eigenvalue weighted by Crippen LogP contribution is -2.14. The molecule has 9 nitrogen and oxygen atoms in total. The summed E-state index contributed by atoms with van der Waals surface area (Å²) in [6, 6.07) is 13.3. The van der Waals surface area contributed by atoms with Crippen LogP contribution in [0.5, 0.6) is 0 Å². The number of aromatic nitrogens is 5. The number of carbonyl (C=O) groups is 2. The van der Waals surface area contributed by atoms with E-state index in [9.17, 15) is 9.59 Å². The minimum Gasteiger partial charge on any atom is -0.300 e. The van der Waals surface area contributed by atoms with Crippen molar-refractivity contribution in [2.45, 2.75) is 43.9 Å². The second-order valence-corrected chi connectivity index (χ2v) is 10.4. The Labute approximate surface area is 210 Å². The maximum atomic E-state index is 12.3. The summed E-state index contributed by atoms with van der Waals surface area (Å²) >= 11 is 2.85. The summed E-state index contributed by atoms with van der Waals surface area (Å²) in [4.78, 5) is 28.6. The summed E-state index contributed by atoms with van der Waals surface area (Å²) in [5.74, 6) is 0.294. The number of hydrogen-bond donors (Lipinski definition) is 2. The summed E-state index contributed by atoms with van der Waals surface area (Å²) in [7, 11) is 0. The van der Waals surface area contributed by atoms with E-state index in [0.29, 0.717) is 16.7 Å². The molecule has 1 aliphatic rings. The number of carbonyl (C=O) groups excluding carboxylic acids is 2. The highest BCUT2D eigenvalue weighted by atomic mass is 32.1. The van der Waals surface area contributed by atoms with Crippen molar-refractivity contribution in [1.82, 2.24) is 25.4 Å². The molecular weight excluding hydrogens is 482 g/mol. The summed E-state index contributed by atoms with van der Waals surface area (Å²) in [5, 5.41) is 25.6. The van der Waals surface area contributed by atoms with Gasteiger partial charge in [-0.15, -0.1) is 20.4 Å². The third kappa shape index (κ3) is 6.11. The number of amides is 2. The second kappa shape index (κ2) is 10.8. The Hall–Kier alpha value is -3.57. The first-order valence-electron chi connectivity index (χ1n) is 11.3. The van der Waals surface area contributed by atoms with E-state index in [1.807, 2.05) is 42.5 Å². The maximum absolute atomic E-state index is 12.3. The van der Waals surface area contributed by atoms with E-state index < -0.39 is 0 Å². The molecule has 2 atom stereocenters. The van der Waals surface area contributed by atoms with Crippen molar-refractivity contribution in [3.8, 4) is 0 Å². The zero-order chi connectivity index (χ0) is 24.0. The smallest absolute Gasteiger partial charge is 0.230 e. The molecule has 178 valence electrons. The quantitative estimate of drug-likeness (QED) is 0.368. The standard InChI is InChI=1S/C24H23N7O2S2/c32-19(11-15-5-2-1-3-6-15)26-23-30-28-21(34-23)17-8-9-18(13-17)22-29-31-24(35-22)27-20(33)12-16-7-4-10-25-14-16/h1-7,10,14,17-18H,8-9,11-13H2,(H,26,30,32)(H,27,31,33). The van der Waals surface area contributed by atoms with Crippen LogP contribution in [0.15, 0.2) is 54.9 Å². The molecule has 3 aromatic heterocycles. The molecule has 11 heteroatoms. The van der Waals surface area contributed by atoms with Crippen LogP contribution in [0.2, 0.25) is 0 Å². The Balaban J connectivity index is 1.13. The van der Waals surface area contributed by atoms with Crippen molar-refractivity contribution < 1.29 is 9.59 Å². The normalized spacial score (nSPS) is 17.3. The second-order valence-electron chi connectivity index (χ2n) is 8.39. The van der Waals surface area contributed by atoms with Gasteiger partial charge < -0.3 is 10.6 Å². The molecule has 2 unspecified atom stereocenters. The molecule has 0 aliphatic heterocycles. The van der Waals surface area contributed by atoms with Crippen LogP contribution in [0.4, 0.5) is 10.3 Å². The van der Waals surface area contributed by atoms with Crippen molar-refractivity contribution >= 4 is 44.8 Å². The van der Waals surface area contributed by atoms with Crippen LogP contribution in [0.3, 0.4) is 0 Å². The van der Waals surface area contributed by atoms with Gasteiger partial charge in [-0.25, -0.2) is 0 Å². The van der Waals surface area contributed by atoms with E-state index in [1.54, 1.807) is 12.4 Å². The molecule has 0 saturated heterocycles. The first-order chi connectivity index (χ1) is 17.1. The van der Waals surface area contributed by atoms with Crippen molar-refractivity contribution in [2.75, 3.05) is 10.6 Å². The number of nitrogens with zero attached hydrogens (tertiary/aromatic N) is 5. The molecule has 3 heterocycles. The van der Waals surface area contributed by atoms with Crippen molar-refractivity contribution in [3.63, 3.8) is 0 Å². The number of anilines is 2. The lowest BCUT2D eigenvalue weighted by molar-refractivity contribution is -0.116. The maximum Gasteiger partial charge on any atom is 0.230 e. The van der Waals surface area contributed by atoms with E-state index in [-0.39, 0.29) is 30.1 Å². The fourth-order valence-corrected chi connectivity index (χ4v) is 5.94. The molecule has 2 amide bonds. The summed E-state index contributed by atoms with van der Waals surface area (Å²) in [5.41, 5.74) is 1.80. The Morgan fingerprint density at radius 3 is 1.91 bits per heavy atom. The Kier molecular flexibility index (Phi) is 7.15. The topological polar surface area (TPSA) is 123 Å². The third-order valence-corrected chi connectivity index (χ3v) is 7.80. The minimum atomic E-state index is -0.138. The van der Waals surface area contributed by atoms with Crippen molar-refractivity contribution in [1.29, 1.82) is 0 Å². The van der Waals surface area contributed by atoms with Crippen LogP contribution in [0, 0.1) is 0 Å². The molecule has 1 aliphatic carbocycles. The van der Waals surface area contributed by atoms with Crippen molar-refractivity contribution in [3.05, 3.63) is 76.0 Å². The molecule has 1 fully saturated rings. The largest absolute Gasteiger partial charge is 0.300 e. The van der Waals surface area contributed by atoms with Gasteiger partial charge in [0, 0.05) is 24.2 Å². The van der Waals surface area contributed by atoms with E-state index in [1.165, 1.54) is 22.7 Å². The first-order valence-corrected chi connectivity index (χ1v) is 12.9. The minimum absolute atomic E-state index is 0.102. The van der Waals surface area contributed by atoms with Crippen molar-refractivity contribution in [2.24, 2.45) is 0 Å². The lowest BCUT2D eigenvalue weighted by Gasteiger charge is -2.05. The summed E-state index contributed by atoms with van der Waals surface area (Å²) in [6.45, 7) is 0. The molecule has 2 N–H and O–H groups in total. The van der Waals surface area contributed by atoms with E-state index in [0.717, 1.165) is 40.4 Å². The van der Waals surface area contributed by atoms with Gasteiger partial charge in [0.05, 0.1) is 12.8 Å². The van der Waals surface area contributed by atoms with E-state index in [4.69, 9.17) is 0 Å². The molecule has 0 radical (unpaired) electrons. The number of hydrogen-bond acceptors (Lipinski definition) is 9. The van der Waals surface area contributed by atoms with Crippen LogP contribution in [-0.2, 0) is 22.4 Å². The van der Waals surface area contributed by atoms with Crippen LogP contribution < -0.4 is 10.6 Å². The molecule has 0 spiro atoms. The molecule has 4 aromatic rings. The number of pyridine rings is 1. The number of nitrogens with one attached hydrogen (secondary N) is 2. The molecule has 1 saturated carbocycles. The van der Waals surface area contributed by atoms with Gasteiger partial charge in [-0.3, -0.25) is 14.6 Å². The molecular formula is C24H23N7O2S2. The monoisotopic (exact) mass is 505 g/mol. The summed E-state index contributed by atoms with van der Waals surface area (Å²) < 4.78 is 0. The third-order valence-electron chi connectivity index (χ3n) is 5.80. The van der Waals surface area contributed by atoms with E-state index in [2.05, 4.69) is 36.0 Å². The average molecular weight is 506 g/mol. The lowest BCUT2D eigenvalue weighted by atomic mass is 10.1. The fraction of sp³-hybridized carbons (Fsp3) is 0.292. The zero-order valence-electron chi connectivity index (χ0n) is 18.8. The highest BCUT2D eigenvalue weighted by molar-refractivity contribution is 7.15. The fourth-order valence-electron chi connectivity index (χ4n) is 4.13. The predicted octanol–water partition coefficient (Wildman–Crippen LogP) is 4.20. The SMILES string of the molecule is O=C(Cc1ccccc1)Nc1nnc(C2CCC(c3nnc(NC(=O)Cc4cccnc4)s3)C2)s1. The van der Waals surface area contributed by atoms with Gasteiger partial charge in [0.25, 0.3) is 0 Å². The van der Waals surface area contributed by atoms with Gasteiger partial charge in [-0.05, 0) is 36.5 Å². The highest BCUT2D eigenvalue weighted by Crippen LogP contribution is 2.45. The summed E-state index contributed by atoms with van der Waals surface area (Å²) in [6.07, 6.45) is 6.74. The van der Waals surface area contributed by atoms with Gasteiger partial charge in [-0.2, -0.15) is 0 Å². The molecule has 5 rings (SSSR count). The van der Waals surface area contributed by atoms with Gasteiger partial charge in [0.15, 0.2) is 0 Å². The highest BCUT2D eigenvalue weighted by Gasteiger charge is 2.32. The zero-order valence-corrected chi connectivity index (χ0v) is 20.4. The molecule has 35 heavy (non-hydrogen) atoms. The Morgan fingerprint density at radius 1 is 0.771 bits per heavy atom. The van der Waals surface area contributed by atoms with Gasteiger partial charge in [-0.1, -0.05) is 59.1 Å². The average Bonchev–Trinajstić information content (AvgIpc) is 3.61. The first kappa shape index (κ1) is 23.2. The Morgan fingerprint density at radius 2 is 1.34 bits per heavy atom. The van der Waals surface area contributed by atoms with Gasteiger partial charge in [0.1, 0.15) is 10.0 Å². The number of benzene rings is 1. The van der Waals surface area contributed by atoms with Crippen LogP contribution >= 0.6 is 22.7 Å². The van der Waals surface area contributed by atoms with Crippen LogP contribution in [0.1, 0.15) is 52.2 Å².